The third-order valence-corrected chi connectivity index (χ3v) is 8.01. The average Bonchev–Trinajstić information content (AvgIpc) is 3.47. The number of rotatable bonds is 11. The summed E-state index contributed by atoms with van der Waals surface area (Å²) < 4.78 is 22.7. The molecule has 5 rings (SSSR count). The summed E-state index contributed by atoms with van der Waals surface area (Å²) in [5.41, 5.74) is 2.72. The number of nitrogens with zero attached hydrogens (tertiary/aromatic N) is 6. The maximum atomic E-state index is 16.7. The molecule has 0 unspecified atom stereocenters. The van der Waals surface area contributed by atoms with Gasteiger partial charge in [0.05, 0.1) is 16.7 Å². The zero-order chi connectivity index (χ0) is 29.8. The Morgan fingerprint density at radius 1 is 1.12 bits per heavy atom. The number of carbonyl (C=O) groups excluding carboxylic acids is 1. The van der Waals surface area contributed by atoms with Gasteiger partial charge < -0.3 is 14.5 Å². The number of aromatic nitrogens is 4. The van der Waals surface area contributed by atoms with Crippen LogP contribution in [0.1, 0.15) is 32.3 Å². The fourth-order valence-electron chi connectivity index (χ4n) is 5.65. The van der Waals surface area contributed by atoms with E-state index in [1.807, 2.05) is 24.0 Å². The Balaban J connectivity index is 1.58. The molecule has 11 heteroatoms. The third-order valence-electron chi connectivity index (χ3n) is 7.71. The van der Waals surface area contributed by atoms with Crippen LogP contribution in [0.4, 0.5) is 10.2 Å². The largest absolute Gasteiger partial charge is 0.462 e. The number of fused-ring (bicyclic) bond motifs is 2. The second-order valence-electron chi connectivity index (χ2n) is 10.6. The van der Waals surface area contributed by atoms with Gasteiger partial charge in [0.2, 0.25) is 5.91 Å². The van der Waals surface area contributed by atoms with Crippen molar-refractivity contribution in [3.8, 4) is 17.1 Å². The summed E-state index contributed by atoms with van der Waals surface area (Å²) in [6, 6.07) is 5.67. The first-order valence-corrected chi connectivity index (χ1v) is 14.9. The van der Waals surface area contributed by atoms with Crippen LogP contribution < -0.4 is 9.64 Å². The van der Waals surface area contributed by atoms with Crippen LogP contribution in [0.15, 0.2) is 37.1 Å². The van der Waals surface area contributed by atoms with Gasteiger partial charge in [0, 0.05) is 54.6 Å². The van der Waals surface area contributed by atoms with E-state index in [2.05, 4.69) is 40.5 Å². The second kappa shape index (κ2) is 13.0. The average molecular weight is 594 g/mol. The molecular weight excluding hydrogens is 557 g/mol. The number of hydrogen-bond acceptors (Lipinski definition) is 7. The van der Waals surface area contributed by atoms with Gasteiger partial charge in [0.25, 0.3) is 0 Å². The van der Waals surface area contributed by atoms with Crippen molar-refractivity contribution in [2.75, 3.05) is 57.3 Å². The fourth-order valence-corrected chi connectivity index (χ4v) is 5.94. The van der Waals surface area contributed by atoms with E-state index in [1.54, 1.807) is 17.2 Å². The molecule has 2 aromatic heterocycles. The van der Waals surface area contributed by atoms with Gasteiger partial charge in [-0.1, -0.05) is 38.1 Å². The maximum absolute atomic E-state index is 16.7. The van der Waals surface area contributed by atoms with Crippen LogP contribution >= 0.6 is 11.6 Å². The molecule has 4 aromatic rings. The Bertz CT molecular complexity index is 1590. The van der Waals surface area contributed by atoms with Crippen LogP contribution in [0.5, 0.6) is 6.01 Å². The van der Waals surface area contributed by atoms with Crippen LogP contribution in [0.25, 0.3) is 32.9 Å². The highest BCUT2D eigenvalue weighted by Crippen LogP contribution is 2.42. The van der Waals surface area contributed by atoms with Crippen molar-refractivity contribution < 1.29 is 13.9 Å². The summed E-state index contributed by atoms with van der Waals surface area (Å²) in [6.07, 6.45) is 5.10. The lowest BCUT2D eigenvalue weighted by atomic mass is 9.95. The molecule has 0 atom stereocenters. The molecule has 0 bridgehead atoms. The maximum Gasteiger partial charge on any atom is 0.319 e. The predicted molar refractivity (Wildman–Crippen MR) is 166 cm³/mol. The van der Waals surface area contributed by atoms with Crippen molar-refractivity contribution >= 4 is 45.1 Å². The van der Waals surface area contributed by atoms with Gasteiger partial charge in [-0.25, -0.2) is 4.39 Å². The zero-order valence-corrected chi connectivity index (χ0v) is 25.2. The molecule has 1 fully saturated rings. The van der Waals surface area contributed by atoms with Crippen LogP contribution in [0.2, 0.25) is 5.02 Å². The van der Waals surface area contributed by atoms with E-state index < -0.39 is 5.82 Å². The van der Waals surface area contributed by atoms with Crippen molar-refractivity contribution in [2.45, 2.75) is 33.6 Å². The quantitative estimate of drug-likeness (QED) is 0.226. The molecule has 42 heavy (non-hydrogen) atoms. The Kier molecular flexibility index (Phi) is 9.23. The number of anilines is 1. The lowest BCUT2D eigenvalue weighted by Gasteiger charge is -2.35. The molecule has 0 saturated carbocycles. The third kappa shape index (κ3) is 5.91. The zero-order valence-electron chi connectivity index (χ0n) is 24.4. The molecule has 0 radical (unpaired) electrons. The SMILES string of the molecule is C=CC(=O)N1CCN(c2nc(OCCN(CCC)CCC)nc3c(F)c(-c4c(C)ccc5[nH]ncc45)c(Cl)cc23)CC1. The number of amides is 1. The fraction of sp³-hybridized carbons (Fsp3) is 0.419. The standard InChI is InChI=1S/C31H37ClFN7O2/c1-5-10-38(11-6-2)16-17-42-31-35-29-21(30(36-31)40-14-12-39(13-15-40)25(41)7-3)18-23(32)27(28(29)33)26-20(4)8-9-24-22(26)19-34-37-24/h7-9,18-19H,3,5-6,10-17H2,1-2,4H3,(H,34,37). The number of aryl methyl sites for hydroxylation is 1. The second-order valence-corrected chi connectivity index (χ2v) is 11.0. The Labute approximate surface area is 250 Å². The Morgan fingerprint density at radius 2 is 1.86 bits per heavy atom. The van der Waals surface area contributed by atoms with Crippen molar-refractivity contribution in [1.29, 1.82) is 0 Å². The van der Waals surface area contributed by atoms with Crippen molar-refractivity contribution in [2.24, 2.45) is 0 Å². The number of halogens is 2. The van der Waals surface area contributed by atoms with E-state index in [0.717, 1.165) is 48.9 Å². The summed E-state index contributed by atoms with van der Waals surface area (Å²) >= 11 is 6.85. The molecule has 0 aliphatic carbocycles. The highest BCUT2D eigenvalue weighted by molar-refractivity contribution is 6.35. The summed E-state index contributed by atoms with van der Waals surface area (Å²) in [4.78, 5) is 27.6. The molecule has 1 aliphatic heterocycles. The number of benzene rings is 2. The van der Waals surface area contributed by atoms with Gasteiger partial charge in [-0.3, -0.25) is 14.8 Å². The highest BCUT2D eigenvalue weighted by atomic mass is 35.5. The molecule has 9 nitrogen and oxygen atoms in total. The van der Waals surface area contributed by atoms with E-state index >= 15 is 4.39 Å². The molecule has 222 valence electrons. The predicted octanol–water partition coefficient (Wildman–Crippen LogP) is 5.61. The monoisotopic (exact) mass is 593 g/mol. The van der Waals surface area contributed by atoms with Crippen LogP contribution in [-0.2, 0) is 4.79 Å². The number of H-pyrrole nitrogens is 1. The smallest absolute Gasteiger partial charge is 0.319 e. The molecule has 0 spiro atoms. The highest BCUT2D eigenvalue weighted by Gasteiger charge is 2.27. The van der Waals surface area contributed by atoms with Crippen LogP contribution in [-0.4, -0.2) is 88.3 Å². The Hall–Kier alpha value is -3.76. The van der Waals surface area contributed by atoms with E-state index in [-0.39, 0.29) is 28.0 Å². The number of piperazine rings is 1. The summed E-state index contributed by atoms with van der Waals surface area (Å²) in [7, 11) is 0. The molecular formula is C31H37ClFN7O2. The summed E-state index contributed by atoms with van der Waals surface area (Å²) in [5, 5.41) is 8.63. The van der Waals surface area contributed by atoms with Gasteiger partial charge in [-0.05, 0) is 56.6 Å². The first-order valence-electron chi connectivity index (χ1n) is 14.5. The van der Waals surface area contributed by atoms with Crippen LogP contribution in [0.3, 0.4) is 0 Å². The van der Waals surface area contributed by atoms with E-state index in [1.165, 1.54) is 6.08 Å². The molecule has 2 aromatic carbocycles. The number of carbonyl (C=O) groups is 1. The number of hydrogen-bond donors (Lipinski definition) is 1. The number of nitrogens with one attached hydrogen (secondary N) is 1. The van der Waals surface area contributed by atoms with Gasteiger partial charge in [-0.15, -0.1) is 0 Å². The van der Waals surface area contributed by atoms with Crippen LogP contribution in [0, 0.1) is 12.7 Å². The summed E-state index contributed by atoms with van der Waals surface area (Å²) in [6.45, 7) is 14.9. The lowest BCUT2D eigenvalue weighted by Crippen LogP contribution is -2.48. The lowest BCUT2D eigenvalue weighted by molar-refractivity contribution is -0.126. The molecule has 3 heterocycles. The molecule has 1 N–H and O–H groups in total. The first-order chi connectivity index (χ1) is 20.4. The van der Waals surface area contributed by atoms with Gasteiger partial charge in [-0.2, -0.15) is 15.1 Å². The van der Waals surface area contributed by atoms with Gasteiger partial charge >= 0.3 is 6.01 Å². The summed E-state index contributed by atoms with van der Waals surface area (Å²) in [5.74, 6) is -0.121. The van der Waals surface area contributed by atoms with Gasteiger partial charge in [0.1, 0.15) is 17.9 Å². The molecule has 1 saturated heterocycles. The van der Waals surface area contributed by atoms with E-state index in [4.69, 9.17) is 21.3 Å². The van der Waals surface area contributed by atoms with Gasteiger partial charge in [0.15, 0.2) is 5.82 Å². The van der Waals surface area contributed by atoms with E-state index in [9.17, 15) is 4.79 Å². The minimum Gasteiger partial charge on any atom is -0.462 e. The van der Waals surface area contributed by atoms with E-state index in [0.29, 0.717) is 49.6 Å². The van der Waals surface area contributed by atoms with Crippen molar-refractivity contribution in [3.05, 3.63) is 53.5 Å². The van der Waals surface area contributed by atoms with Crippen molar-refractivity contribution in [1.82, 2.24) is 30.0 Å². The number of ether oxygens (including phenoxy) is 1. The number of aromatic amines is 1. The van der Waals surface area contributed by atoms with Crippen molar-refractivity contribution in [3.63, 3.8) is 0 Å². The minimum atomic E-state index is -0.540. The molecule has 1 amide bonds. The molecule has 1 aliphatic rings. The topological polar surface area (TPSA) is 90.5 Å². The normalized spacial score (nSPS) is 13.9. The minimum absolute atomic E-state index is 0.112. The first kappa shape index (κ1) is 29.7. The Morgan fingerprint density at radius 3 is 2.55 bits per heavy atom.